The summed E-state index contributed by atoms with van der Waals surface area (Å²) in [7, 11) is 1.86. The summed E-state index contributed by atoms with van der Waals surface area (Å²) >= 11 is 0. The molecule has 4 aromatic heterocycles. The average Bonchev–Trinajstić information content (AvgIpc) is 3.22. The van der Waals surface area contributed by atoms with E-state index in [1.165, 1.54) is 0 Å². The molecular formula is C23H23N7O2. The lowest BCUT2D eigenvalue weighted by atomic mass is 9.97. The molecule has 9 heteroatoms. The van der Waals surface area contributed by atoms with Crippen molar-refractivity contribution in [2.24, 2.45) is 13.0 Å². The number of anilines is 3. The van der Waals surface area contributed by atoms with E-state index in [2.05, 4.69) is 25.3 Å². The van der Waals surface area contributed by atoms with Gasteiger partial charge in [0.05, 0.1) is 17.8 Å². The number of aromatic nitrogens is 5. The van der Waals surface area contributed by atoms with Crippen LogP contribution in [0.4, 0.5) is 17.5 Å². The van der Waals surface area contributed by atoms with Crippen LogP contribution in [-0.2, 0) is 11.8 Å². The van der Waals surface area contributed by atoms with Crippen LogP contribution < -0.4 is 10.2 Å². The molecule has 1 fully saturated rings. The van der Waals surface area contributed by atoms with Gasteiger partial charge in [-0.1, -0.05) is 0 Å². The van der Waals surface area contributed by atoms with E-state index >= 15 is 0 Å². The molecule has 4 aromatic rings. The number of aryl methyl sites for hydroxylation is 1. The first kappa shape index (κ1) is 19.9. The summed E-state index contributed by atoms with van der Waals surface area (Å²) in [5.74, 6) is 1.39. The van der Waals surface area contributed by atoms with Gasteiger partial charge in [-0.15, -0.1) is 0 Å². The summed E-state index contributed by atoms with van der Waals surface area (Å²) < 4.78 is 1.74. The maximum absolute atomic E-state index is 11.4. The molecule has 5 heterocycles. The fourth-order valence-electron chi connectivity index (χ4n) is 4.09. The zero-order valence-electron chi connectivity index (χ0n) is 17.6. The van der Waals surface area contributed by atoms with Crippen molar-refractivity contribution < 1.29 is 9.90 Å². The lowest BCUT2D eigenvalue weighted by Gasteiger charge is -2.32. The highest BCUT2D eigenvalue weighted by Crippen LogP contribution is 2.32. The fraction of sp³-hybridized carbons (Fsp3) is 0.261. The highest BCUT2D eigenvalue weighted by Gasteiger charge is 2.26. The van der Waals surface area contributed by atoms with E-state index in [-0.39, 0.29) is 5.92 Å². The molecule has 0 unspecified atom stereocenters. The van der Waals surface area contributed by atoms with Crippen LogP contribution in [-0.4, -0.2) is 48.9 Å². The first-order chi connectivity index (χ1) is 15.6. The number of hydrogen-bond acceptors (Lipinski definition) is 7. The lowest BCUT2D eigenvalue weighted by Crippen LogP contribution is -2.36. The maximum Gasteiger partial charge on any atom is 0.306 e. The summed E-state index contributed by atoms with van der Waals surface area (Å²) in [5, 5.41) is 18.8. The Morgan fingerprint density at radius 3 is 2.72 bits per heavy atom. The molecule has 1 aliphatic heterocycles. The molecule has 0 aliphatic carbocycles. The third kappa shape index (κ3) is 3.84. The van der Waals surface area contributed by atoms with Crippen LogP contribution in [0, 0.1) is 5.92 Å². The first-order valence-electron chi connectivity index (χ1n) is 10.5. The largest absolute Gasteiger partial charge is 0.481 e. The van der Waals surface area contributed by atoms with E-state index in [0.29, 0.717) is 31.7 Å². The molecule has 1 saturated heterocycles. The molecule has 0 spiro atoms. The minimum absolute atomic E-state index is 0.289. The zero-order valence-corrected chi connectivity index (χ0v) is 17.6. The molecule has 1 aliphatic rings. The third-order valence-corrected chi connectivity index (χ3v) is 5.89. The number of carbonyl (C=O) groups is 1. The number of hydrogen-bond donors (Lipinski definition) is 2. The summed E-state index contributed by atoms with van der Waals surface area (Å²) in [4.78, 5) is 27.2. The minimum atomic E-state index is -0.717. The summed E-state index contributed by atoms with van der Waals surface area (Å²) in [6.45, 7) is 1.32. The van der Waals surface area contributed by atoms with Gasteiger partial charge in [-0.3, -0.25) is 14.5 Å². The zero-order chi connectivity index (χ0) is 22.1. The van der Waals surface area contributed by atoms with Gasteiger partial charge in [0.15, 0.2) is 0 Å². The van der Waals surface area contributed by atoms with Crippen molar-refractivity contribution in [2.45, 2.75) is 12.8 Å². The molecule has 162 valence electrons. The van der Waals surface area contributed by atoms with Gasteiger partial charge in [0.1, 0.15) is 17.5 Å². The van der Waals surface area contributed by atoms with Crippen molar-refractivity contribution in [3.63, 3.8) is 0 Å². The van der Waals surface area contributed by atoms with Gasteiger partial charge in [0, 0.05) is 61.1 Å². The van der Waals surface area contributed by atoms with Crippen molar-refractivity contribution in [1.82, 2.24) is 24.7 Å². The summed E-state index contributed by atoms with van der Waals surface area (Å²) in [6, 6.07) is 9.76. The predicted molar refractivity (Wildman–Crippen MR) is 122 cm³/mol. The van der Waals surface area contributed by atoms with Crippen LogP contribution in [0.25, 0.3) is 22.0 Å². The van der Waals surface area contributed by atoms with Crippen molar-refractivity contribution in [3.05, 3.63) is 55.1 Å². The Bertz CT molecular complexity index is 1280. The highest BCUT2D eigenvalue weighted by molar-refractivity contribution is 5.94. The Kier molecular flexibility index (Phi) is 5.14. The number of pyridine rings is 3. The molecule has 5 rings (SSSR count). The van der Waals surface area contributed by atoms with Crippen LogP contribution in [0.15, 0.2) is 55.1 Å². The standard InChI is InChI=1S/C23H23N7O2/c1-29-21(4-9-26-29)28-20-13-16(2-8-25-20)19-12-17-14-24-7-3-18(17)22(27-19)30-10-5-15(6-11-30)23(31)32/h2-4,7-9,12-15H,5-6,10-11H2,1H3,(H,25,28)(H,31,32). The highest BCUT2D eigenvalue weighted by atomic mass is 16.4. The second-order valence-corrected chi connectivity index (χ2v) is 7.92. The third-order valence-electron chi connectivity index (χ3n) is 5.89. The molecule has 0 radical (unpaired) electrons. The van der Waals surface area contributed by atoms with Crippen LogP contribution in [0.3, 0.4) is 0 Å². The maximum atomic E-state index is 11.4. The molecule has 2 N–H and O–H groups in total. The first-order valence-corrected chi connectivity index (χ1v) is 10.5. The van der Waals surface area contributed by atoms with Gasteiger partial charge in [-0.2, -0.15) is 5.10 Å². The Hall–Kier alpha value is -4.01. The normalized spacial score (nSPS) is 14.6. The van der Waals surface area contributed by atoms with Gasteiger partial charge in [-0.25, -0.2) is 9.97 Å². The van der Waals surface area contributed by atoms with Gasteiger partial charge >= 0.3 is 5.97 Å². The van der Waals surface area contributed by atoms with Crippen molar-refractivity contribution in [3.8, 4) is 11.3 Å². The SMILES string of the molecule is Cn1nccc1Nc1cc(-c2cc3cnccc3c(N3CCC(C(=O)O)CC3)n2)ccn1. The Morgan fingerprint density at radius 1 is 1.12 bits per heavy atom. The predicted octanol–water partition coefficient (Wildman–Crippen LogP) is 3.47. The number of aliphatic carboxylic acids is 1. The Labute approximate surface area is 184 Å². The monoisotopic (exact) mass is 429 g/mol. The van der Waals surface area contributed by atoms with Crippen LogP contribution in [0.2, 0.25) is 0 Å². The molecular weight excluding hydrogens is 406 g/mol. The Balaban J connectivity index is 1.51. The number of carboxylic acids is 1. The van der Waals surface area contributed by atoms with Gasteiger partial charge in [0.25, 0.3) is 0 Å². The quantitative estimate of drug-likeness (QED) is 0.496. The summed E-state index contributed by atoms with van der Waals surface area (Å²) in [5.41, 5.74) is 1.74. The number of fused-ring (bicyclic) bond motifs is 1. The Morgan fingerprint density at radius 2 is 1.97 bits per heavy atom. The number of nitrogens with one attached hydrogen (secondary N) is 1. The van der Waals surface area contributed by atoms with Crippen molar-refractivity contribution in [1.29, 1.82) is 0 Å². The number of piperidine rings is 1. The lowest BCUT2D eigenvalue weighted by molar-refractivity contribution is -0.142. The second-order valence-electron chi connectivity index (χ2n) is 7.92. The molecule has 0 atom stereocenters. The smallest absolute Gasteiger partial charge is 0.306 e. The van der Waals surface area contributed by atoms with Crippen LogP contribution in [0.1, 0.15) is 12.8 Å². The molecule has 0 bridgehead atoms. The van der Waals surface area contributed by atoms with Crippen molar-refractivity contribution in [2.75, 3.05) is 23.3 Å². The molecule has 9 nitrogen and oxygen atoms in total. The number of carboxylic acid groups (broad SMARTS) is 1. The number of rotatable bonds is 5. The minimum Gasteiger partial charge on any atom is -0.481 e. The van der Waals surface area contributed by atoms with E-state index in [1.54, 1.807) is 23.3 Å². The van der Waals surface area contributed by atoms with E-state index < -0.39 is 5.97 Å². The van der Waals surface area contributed by atoms with Gasteiger partial charge in [-0.05, 0) is 37.1 Å². The number of nitrogens with zero attached hydrogens (tertiary/aromatic N) is 6. The van der Waals surface area contributed by atoms with Gasteiger partial charge in [0.2, 0.25) is 0 Å². The summed E-state index contributed by atoms with van der Waals surface area (Å²) in [6.07, 6.45) is 8.30. The van der Waals surface area contributed by atoms with E-state index in [9.17, 15) is 9.90 Å². The van der Waals surface area contributed by atoms with Gasteiger partial charge < -0.3 is 15.3 Å². The molecule has 0 saturated carbocycles. The second kappa shape index (κ2) is 8.26. The topological polar surface area (TPSA) is 109 Å². The van der Waals surface area contributed by atoms with E-state index in [4.69, 9.17) is 4.98 Å². The average molecular weight is 429 g/mol. The molecule has 32 heavy (non-hydrogen) atoms. The molecule has 0 aromatic carbocycles. The molecule has 0 amide bonds. The van der Waals surface area contributed by atoms with E-state index in [1.807, 2.05) is 43.6 Å². The van der Waals surface area contributed by atoms with E-state index in [0.717, 1.165) is 33.7 Å². The van der Waals surface area contributed by atoms with Crippen molar-refractivity contribution >= 4 is 34.2 Å². The fourth-order valence-corrected chi connectivity index (χ4v) is 4.09. The van der Waals surface area contributed by atoms with Crippen LogP contribution >= 0.6 is 0 Å². The van der Waals surface area contributed by atoms with Crippen LogP contribution in [0.5, 0.6) is 0 Å².